The third kappa shape index (κ3) is 2.74. The van der Waals surface area contributed by atoms with Crippen molar-refractivity contribution in [2.75, 3.05) is 11.4 Å². The number of benzene rings is 2. The Kier molecular flexibility index (Phi) is 4.09. The van der Waals surface area contributed by atoms with Gasteiger partial charge in [0.25, 0.3) is 11.8 Å². The fourth-order valence-corrected chi connectivity index (χ4v) is 3.93. The number of nitrogens with one attached hydrogen (secondary N) is 1. The number of hydrogen-bond acceptors (Lipinski definition) is 6. The zero-order valence-corrected chi connectivity index (χ0v) is 16.0. The minimum atomic E-state index is -0.674. The number of carbonyl (C=O) groups excluding carboxylic acids is 3. The lowest BCUT2D eigenvalue weighted by Gasteiger charge is -2.40. The molecular weight excluding hydrogens is 386 g/mol. The van der Waals surface area contributed by atoms with E-state index in [1.54, 1.807) is 48.2 Å². The molecule has 0 bridgehead atoms. The molecule has 5 rings (SSSR count). The maximum Gasteiger partial charge on any atom is 0.260 e. The molecule has 3 aromatic rings. The number of hydrogen-bond donors (Lipinski definition) is 1. The van der Waals surface area contributed by atoms with Crippen LogP contribution in [0.5, 0.6) is 0 Å². The first-order valence-electron chi connectivity index (χ1n) is 9.43. The predicted molar refractivity (Wildman–Crippen MR) is 104 cm³/mol. The Morgan fingerprint density at radius 3 is 2.57 bits per heavy atom. The minimum Gasteiger partial charge on any atom is -0.345 e. The van der Waals surface area contributed by atoms with Gasteiger partial charge in [0.05, 0.1) is 17.8 Å². The van der Waals surface area contributed by atoms with Gasteiger partial charge in [-0.2, -0.15) is 4.98 Å². The van der Waals surface area contributed by atoms with Crippen LogP contribution in [0.2, 0.25) is 0 Å². The number of aryl methyl sites for hydroxylation is 1. The quantitative estimate of drug-likeness (QED) is 0.712. The molecule has 2 aliphatic heterocycles. The molecule has 9 nitrogen and oxygen atoms in total. The summed E-state index contributed by atoms with van der Waals surface area (Å²) in [5, 5.41) is 6.36. The van der Waals surface area contributed by atoms with Gasteiger partial charge in [-0.3, -0.25) is 19.3 Å². The molecule has 0 aliphatic carbocycles. The largest absolute Gasteiger partial charge is 0.345 e. The Morgan fingerprint density at radius 1 is 1.07 bits per heavy atom. The molecule has 1 atom stereocenters. The molecule has 0 fully saturated rings. The summed E-state index contributed by atoms with van der Waals surface area (Å²) >= 11 is 0. The van der Waals surface area contributed by atoms with Crippen LogP contribution in [0, 0.1) is 6.92 Å². The summed E-state index contributed by atoms with van der Waals surface area (Å²) in [6, 6.07) is 14.1. The van der Waals surface area contributed by atoms with Gasteiger partial charge in [0.1, 0.15) is 12.7 Å². The maximum absolute atomic E-state index is 13.3. The summed E-state index contributed by atoms with van der Waals surface area (Å²) in [6.07, 6.45) is -0.674. The molecule has 0 radical (unpaired) electrons. The number of nitrogens with zero attached hydrogens (tertiary/aromatic N) is 4. The van der Waals surface area contributed by atoms with E-state index in [9.17, 15) is 14.4 Å². The Morgan fingerprint density at radius 2 is 1.80 bits per heavy atom. The van der Waals surface area contributed by atoms with Gasteiger partial charge in [-0.25, -0.2) is 0 Å². The average molecular weight is 403 g/mol. The first-order valence-corrected chi connectivity index (χ1v) is 9.43. The lowest BCUT2D eigenvalue weighted by Crippen LogP contribution is -2.51. The van der Waals surface area contributed by atoms with Crippen molar-refractivity contribution < 1.29 is 18.9 Å². The van der Waals surface area contributed by atoms with E-state index in [1.165, 1.54) is 4.90 Å². The summed E-state index contributed by atoms with van der Waals surface area (Å²) < 4.78 is 4.99. The van der Waals surface area contributed by atoms with Gasteiger partial charge >= 0.3 is 0 Å². The van der Waals surface area contributed by atoms with Gasteiger partial charge in [0.2, 0.25) is 11.8 Å². The molecule has 0 saturated carbocycles. The maximum atomic E-state index is 13.3. The zero-order chi connectivity index (χ0) is 20.8. The molecule has 30 heavy (non-hydrogen) atoms. The fraction of sp³-hybridized carbons (Fsp3) is 0.190. The molecule has 0 saturated heterocycles. The van der Waals surface area contributed by atoms with Crippen LogP contribution in [-0.2, 0) is 11.3 Å². The van der Waals surface area contributed by atoms with Crippen molar-refractivity contribution in [1.82, 2.24) is 20.4 Å². The second-order valence-corrected chi connectivity index (χ2v) is 7.10. The van der Waals surface area contributed by atoms with Gasteiger partial charge in [-0.05, 0) is 25.1 Å². The molecule has 1 unspecified atom stereocenters. The smallest absolute Gasteiger partial charge is 0.260 e. The van der Waals surface area contributed by atoms with E-state index < -0.39 is 12.1 Å². The fourth-order valence-electron chi connectivity index (χ4n) is 3.93. The second-order valence-electron chi connectivity index (χ2n) is 7.10. The predicted octanol–water partition coefficient (Wildman–Crippen LogP) is 1.81. The summed E-state index contributed by atoms with van der Waals surface area (Å²) in [5.41, 5.74) is 2.16. The Labute approximate surface area is 171 Å². The number of anilines is 1. The van der Waals surface area contributed by atoms with Crippen molar-refractivity contribution in [1.29, 1.82) is 0 Å². The van der Waals surface area contributed by atoms with Crippen LogP contribution < -0.4 is 10.2 Å². The van der Waals surface area contributed by atoms with E-state index in [0.717, 1.165) is 0 Å². The molecule has 3 heterocycles. The van der Waals surface area contributed by atoms with Crippen LogP contribution in [0.4, 0.5) is 5.69 Å². The van der Waals surface area contributed by atoms with Crippen LogP contribution in [0.3, 0.4) is 0 Å². The lowest BCUT2D eigenvalue weighted by molar-refractivity contribution is -0.122. The van der Waals surface area contributed by atoms with Crippen molar-refractivity contribution in [3.8, 4) is 0 Å². The van der Waals surface area contributed by atoms with Crippen molar-refractivity contribution in [2.24, 2.45) is 0 Å². The molecule has 1 aromatic heterocycles. The topological polar surface area (TPSA) is 109 Å². The molecule has 3 amide bonds. The van der Waals surface area contributed by atoms with E-state index >= 15 is 0 Å². The Balaban J connectivity index is 1.47. The molecule has 150 valence electrons. The number of para-hydroxylation sites is 1. The monoisotopic (exact) mass is 403 g/mol. The van der Waals surface area contributed by atoms with E-state index in [2.05, 4.69) is 15.5 Å². The van der Waals surface area contributed by atoms with Crippen LogP contribution in [-0.4, -0.2) is 39.3 Å². The zero-order valence-electron chi connectivity index (χ0n) is 16.0. The van der Waals surface area contributed by atoms with Crippen LogP contribution in [0.1, 0.15) is 44.2 Å². The summed E-state index contributed by atoms with van der Waals surface area (Å²) in [7, 11) is 0. The van der Waals surface area contributed by atoms with Crippen LogP contribution in [0.25, 0.3) is 0 Å². The third-order valence-corrected chi connectivity index (χ3v) is 5.20. The summed E-state index contributed by atoms with van der Waals surface area (Å²) in [6.45, 7) is 1.52. The Bertz CT molecular complexity index is 1190. The second kappa shape index (κ2) is 6.80. The van der Waals surface area contributed by atoms with Gasteiger partial charge in [-0.1, -0.05) is 35.5 Å². The number of fused-ring (bicyclic) bond motifs is 5. The van der Waals surface area contributed by atoms with Gasteiger partial charge in [-0.15, -0.1) is 0 Å². The first kappa shape index (κ1) is 18.0. The number of amides is 3. The highest BCUT2D eigenvalue weighted by molar-refractivity contribution is 6.17. The van der Waals surface area contributed by atoms with Gasteiger partial charge < -0.3 is 14.7 Å². The minimum absolute atomic E-state index is 0.0577. The van der Waals surface area contributed by atoms with Crippen molar-refractivity contribution in [3.05, 3.63) is 76.9 Å². The number of aromatic nitrogens is 2. The Hall–Kier alpha value is -4.01. The van der Waals surface area contributed by atoms with Crippen LogP contribution >= 0.6 is 0 Å². The van der Waals surface area contributed by atoms with Crippen molar-refractivity contribution >= 4 is 23.4 Å². The van der Waals surface area contributed by atoms with Crippen molar-refractivity contribution in [3.63, 3.8) is 0 Å². The third-order valence-electron chi connectivity index (χ3n) is 5.20. The van der Waals surface area contributed by atoms with E-state index in [1.807, 2.05) is 12.1 Å². The SMILES string of the molecule is Cc1noc(CNC(=O)CN2C(=O)c3ccccc3N3C(=O)c4ccccc4C23)n1. The van der Waals surface area contributed by atoms with Crippen LogP contribution in [0.15, 0.2) is 53.1 Å². The number of carbonyl (C=O) groups is 3. The highest BCUT2D eigenvalue weighted by Gasteiger charge is 2.47. The highest BCUT2D eigenvalue weighted by atomic mass is 16.5. The molecule has 1 N–H and O–H groups in total. The first-order chi connectivity index (χ1) is 14.5. The number of rotatable bonds is 4. The lowest BCUT2D eigenvalue weighted by atomic mass is 10.0. The molecule has 9 heteroatoms. The van der Waals surface area contributed by atoms with E-state index in [4.69, 9.17) is 4.52 Å². The molecule has 2 aromatic carbocycles. The van der Waals surface area contributed by atoms with Gasteiger partial charge in [0, 0.05) is 11.1 Å². The standard InChI is InChI=1S/C21H17N5O4/c1-12-23-18(30-24-12)10-22-17(27)11-25-19-13-6-2-3-7-14(13)21(29)26(19)16-9-5-4-8-15(16)20(25)28/h2-9,19H,10-11H2,1H3,(H,22,27). The molecule has 2 aliphatic rings. The molecule has 0 spiro atoms. The molecular formula is C21H17N5O4. The van der Waals surface area contributed by atoms with E-state index in [-0.39, 0.29) is 30.8 Å². The van der Waals surface area contributed by atoms with Gasteiger partial charge in [0.15, 0.2) is 5.82 Å². The highest BCUT2D eigenvalue weighted by Crippen LogP contribution is 2.44. The summed E-state index contributed by atoms with van der Waals surface area (Å²) in [5.74, 6) is -0.143. The average Bonchev–Trinajstić information content (AvgIpc) is 3.31. The summed E-state index contributed by atoms with van der Waals surface area (Å²) in [4.78, 5) is 46.0. The van der Waals surface area contributed by atoms with E-state index in [0.29, 0.717) is 28.2 Å². The normalized spacial score (nSPS) is 16.9. The van der Waals surface area contributed by atoms with Crippen molar-refractivity contribution in [2.45, 2.75) is 19.6 Å².